The summed E-state index contributed by atoms with van der Waals surface area (Å²) in [6, 6.07) is 0. The first-order chi connectivity index (χ1) is 7.75. The summed E-state index contributed by atoms with van der Waals surface area (Å²) < 4.78 is 0. The summed E-state index contributed by atoms with van der Waals surface area (Å²) in [6.07, 6.45) is -1.04. The summed E-state index contributed by atoms with van der Waals surface area (Å²) in [5.74, 6) is -4.71. The minimum atomic E-state index is -1.71. The highest BCUT2D eigenvalue weighted by Crippen LogP contribution is 2.32. The van der Waals surface area contributed by atoms with E-state index in [4.69, 9.17) is 20.4 Å². The maximum Gasteiger partial charge on any atom is 0.312 e. The van der Waals surface area contributed by atoms with Gasteiger partial charge in [0.1, 0.15) is 0 Å². The lowest BCUT2D eigenvalue weighted by Crippen LogP contribution is -2.38. The van der Waals surface area contributed by atoms with Crippen molar-refractivity contribution in [2.24, 2.45) is 11.3 Å². The fourth-order valence-electron chi connectivity index (χ4n) is 1.53. The summed E-state index contributed by atoms with van der Waals surface area (Å²) in [4.78, 5) is 32.2. The van der Waals surface area contributed by atoms with Crippen LogP contribution in [-0.4, -0.2) is 44.9 Å². The molecule has 7 heteroatoms. The smallest absolute Gasteiger partial charge is 0.312 e. The average molecular weight is 248 g/mol. The number of carboxylic acids is 3. The molecule has 0 saturated heterocycles. The molecule has 17 heavy (non-hydrogen) atoms. The molecule has 0 aliphatic heterocycles. The Kier molecular flexibility index (Phi) is 5.60. The molecule has 0 heterocycles. The number of rotatable bonds is 8. The Hall–Kier alpha value is -1.63. The molecule has 0 saturated carbocycles. The normalized spacial score (nSPS) is 15.9. The van der Waals surface area contributed by atoms with Crippen molar-refractivity contribution in [2.75, 3.05) is 6.61 Å². The molecule has 98 valence electrons. The first-order valence-corrected chi connectivity index (χ1v) is 5.04. The number of carboxylic acid groups (broad SMARTS) is 3. The van der Waals surface area contributed by atoms with E-state index < -0.39 is 42.3 Å². The molecular formula is C10H16O7. The van der Waals surface area contributed by atoms with Crippen LogP contribution in [0.25, 0.3) is 0 Å². The second kappa shape index (κ2) is 6.19. The molecule has 0 aliphatic rings. The van der Waals surface area contributed by atoms with Gasteiger partial charge in [0.25, 0.3) is 0 Å². The van der Waals surface area contributed by atoms with Gasteiger partial charge in [0.05, 0.1) is 17.9 Å². The van der Waals surface area contributed by atoms with Gasteiger partial charge in [-0.3, -0.25) is 14.4 Å². The van der Waals surface area contributed by atoms with E-state index in [2.05, 4.69) is 0 Å². The molecule has 2 unspecified atom stereocenters. The largest absolute Gasteiger partial charge is 0.481 e. The third-order valence-corrected chi connectivity index (χ3v) is 2.69. The zero-order valence-corrected chi connectivity index (χ0v) is 9.42. The van der Waals surface area contributed by atoms with Gasteiger partial charge in [0, 0.05) is 6.42 Å². The summed E-state index contributed by atoms with van der Waals surface area (Å²) in [7, 11) is 0. The second-order valence-electron chi connectivity index (χ2n) is 4.08. The van der Waals surface area contributed by atoms with E-state index in [-0.39, 0.29) is 12.8 Å². The summed E-state index contributed by atoms with van der Waals surface area (Å²) in [5, 5.41) is 35.4. The fraction of sp³-hybridized carbons (Fsp3) is 0.700. The molecule has 0 bridgehead atoms. The predicted octanol–water partition coefficient (Wildman–Crippen LogP) is 0.0253. The maximum absolute atomic E-state index is 11.1. The predicted molar refractivity (Wildman–Crippen MR) is 55.4 cm³/mol. The maximum atomic E-state index is 11.1. The van der Waals surface area contributed by atoms with E-state index in [1.807, 2.05) is 0 Å². The molecule has 0 aromatic carbocycles. The van der Waals surface area contributed by atoms with E-state index in [0.29, 0.717) is 0 Å². The highest BCUT2D eigenvalue weighted by molar-refractivity contribution is 5.78. The lowest BCUT2D eigenvalue weighted by atomic mass is 9.76. The van der Waals surface area contributed by atoms with Crippen molar-refractivity contribution in [3.8, 4) is 0 Å². The molecule has 0 aromatic rings. The van der Waals surface area contributed by atoms with E-state index >= 15 is 0 Å². The lowest BCUT2D eigenvalue weighted by molar-refractivity contribution is -0.156. The molecule has 0 spiro atoms. The minimum Gasteiger partial charge on any atom is -0.481 e. The number of carbonyl (C=O) groups is 3. The van der Waals surface area contributed by atoms with Gasteiger partial charge >= 0.3 is 17.9 Å². The zero-order chi connectivity index (χ0) is 13.6. The van der Waals surface area contributed by atoms with Crippen LogP contribution in [0.15, 0.2) is 0 Å². The molecule has 0 amide bonds. The van der Waals surface area contributed by atoms with Crippen molar-refractivity contribution in [3.63, 3.8) is 0 Å². The van der Waals surface area contributed by atoms with Gasteiger partial charge in [-0.05, 0) is 12.8 Å². The van der Waals surface area contributed by atoms with Gasteiger partial charge in [-0.2, -0.15) is 0 Å². The average Bonchev–Trinajstić information content (AvgIpc) is 2.23. The molecule has 4 N–H and O–H groups in total. The molecule has 0 aliphatic carbocycles. The Balaban J connectivity index is 4.88. The van der Waals surface area contributed by atoms with Crippen LogP contribution < -0.4 is 0 Å². The zero-order valence-electron chi connectivity index (χ0n) is 9.42. The standard InChI is InChI=1S/C10H16O7/c1-6(8(14)15)4-10(5-11,9(16)17)3-2-7(12)13/h6,11H,2-5H2,1H3,(H,12,13)(H,14,15)(H,16,17). The van der Waals surface area contributed by atoms with E-state index in [1.54, 1.807) is 0 Å². The molecule has 0 radical (unpaired) electrons. The van der Waals surface area contributed by atoms with E-state index in [1.165, 1.54) is 6.92 Å². The monoisotopic (exact) mass is 248 g/mol. The van der Waals surface area contributed by atoms with Crippen LogP contribution in [0.1, 0.15) is 26.2 Å². The van der Waals surface area contributed by atoms with Crippen LogP contribution in [0.4, 0.5) is 0 Å². The van der Waals surface area contributed by atoms with Crippen LogP contribution in [-0.2, 0) is 14.4 Å². The van der Waals surface area contributed by atoms with Crippen molar-refractivity contribution in [2.45, 2.75) is 26.2 Å². The third kappa shape index (κ3) is 4.39. The minimum absolute atomic E-state index is 0.300. The van der Waals surface area contributed by atoms with Crippen LogP contribution in [0.5, 0.6) is 0 Å². The van der Waals surface area contributed by atoms with Crippen molar-refractivity contribution < 1.29 is 34.8 Å². The highest BCUT2D eigenvalue weighted by atomic mass is 16.4. The summed E-state index contributed by atoms with van der Waals surface area (Å²) >= 11 is 0. The summed E-state index contributed by atoms with van der Waals surface area (Å²) in [5.41, 5.74) is -1.71. The molecule has 7 nitrogen and oxygen atoms in total. The van der Waals surface area contributed by atoms with Gasteiger partial charge < -0.3 is 20.4 Å². The van der Waals surface area contributed by atoms with Crippen LogP contribution in [0.3, 0.4) is 0 Å². The van der Waals surface area contributed by atoms with E-state index in [0.717, 1.165) is 0 Å². The number of aliphatic hydroxyl groups is 1. The van der Waals surface area contributed by atoms with E-state index in [9.17, 15) is 14.4 Å². The SMILES string of the molecule is CC(CC(CO)(CCC(=O)O)C(=O)O)C(=O)O. The second-order valence-corrected chi connectivity index (χ2v) is 4.08. The van der Waals surface area contributed by atoms with Crippen molar-refractivity contribution >= 4 is 17.9 Å². The Bertz CT molecular complexity index is 312. The third-order valence-electron chi connectivity index (χ3n) is 2.69. The Morgan fingerprint density at radius 1 is 1.18 bits per heavy atom. The summed E-state index contributed by atoms with van der Waals surface area (Å²) in [6.45, 7) is 0.531. The van der Waals surface area contributed by atoms with Crippen molar-refractivity contribution in [1.29, 1.82) is 0 Å². The Morgan fingerprint density at radius 3 is 2.00 bits per heavy atom. The number of hydrogen-bond donors (Lipinski definition) is 4. The molecule has 0 aromatic heterocycles. The van der Waals surface area contributed by atoms with Gasteiger partial charge in [-0.25, -0.2) is 0 Å². The number of aliphatic carboxylic acids is 3. The Morgan fingerprint density at radius 2 is 1.71 bits per heavy atom. The molecular weight excluding hydrogens is 232 g/mol. The number of aliphatic hydroxyl groups excluding tert-OH is 1. The molecule has 0 rings (SSSR count). The van der Waals surface area contributed by atoms with Gasteiger partial charge in [-0.1, -0.05) is 6.92 Å². The Labute approximate surface area is 97.7 Å². The lowest BCUT2D eigenvalue weighted by Gasteiger charge is -2.28. The highest BCUT2D eigenvalue weighted by Gasteiger charge is 2.40. The van der Waals surface area contributed by atoms with Gasteiger partial charge in [-0.15, -0.1) is 0 Å². The topological polar surface area (TPSA) is 132 Å². The molecule has 0 fully saturated rings. The van der Waals surface area contributed by atoms with Crippen LogP contribution in [0.2, 0.25) is 0 Å². The fourth-order valence-corrected chi connectivity index (χ4v) is 1.53. The van der Waals surface area contributed by atoms with Gasteiger partial charge in [0.2, 0.25) is 0 Å². The van der Waals surface area contributed by atoms with Gasteiger partial charge in [0.15, 0.2) is 0 Å². The quantitative estimate of drug-likeness (QED) is 0.476. The van der Waals surface area contributed by atoms with Crippen LogP contribution >= 0.6 is 0 Å². The van der Waals surface area contributed by atoms with Crippen molar-refractivity contribution in [1.82, 2.24) is 0 Å². The molecule has 2 atom stereocenters. The number of hydrogen-bond acceptors (Lipinski definition) is 4. The van der Waals surface area contributed by atoms with Crippen LogP contribution in [0, 0.1) is 11.3 Å². The van der Waals surface area contributed by atoms with Crippen molar-refractivity contribution in [3.05, 3.63) is 0 Å². The first kappa shape index (κ1) is 15.4. The first-order valence-electron chi connectivity index (χ1n) is 5.04.